The average molecular weight is 247 g/mol. The van der Waals surface area contributed by atoms with Gasteiger partial charge < -0.3 is 14.8 Å². The monoisotopic (exact) mass is 247 g/mol. The lowest BCUT2D eigenvalue weighted by Crippen LogP contribution is -2.32. The molecule has 0 saturated heterocycles. The summed E-state index contributed by atoms with van der Waals surface area (Å²) in [4.78, 5) is 0. The quantitative estimate of drug-likeness (QED) is 0.591. The number of rotatable bonds is 7. The Bertz CT molecular complexity index is 378. The number of benzene rings is 1. The molecule has 0 fully saturated rings. The predicted molar refractivity (Wildman–Crippen MR) is 73.1 cm³/mol. The maximum Gasteiger partial charge on any atom is 0.123 e. The molecule has 1 unspecified atom stereocenters. The summed E-state index contributed by atoms with van der Waals surface area (Å²) in [6, 6.07) is 8.24. The van der Waals surface area contributed by atoms with Crippen LogP contribution >= 0.6 is 0 Å². The lowest BCUT2D eigenvalue weighted by Gasteiger charge is -2.12. The molecule has 1 aromatic rings. The standard InChI is InChI=1S/C15H21NO2/c1-12(2)11-17-8-7-16-10-14-9-13-5-3-4-6-15(13)18-14/h3-6,14,16H,1,7-11H2,2H3. The SMILES string of the molecule is C=C(C)COCCNCC1Cc2ccccc2O1. The zero-order chi connectivity index (χ0) is 12.8. The smallest absolute Gasteiger partial charge is 0.123 e. The van der Waals surface area contributed by atoms with Crippen LogP contribution < -0.4 is 10.1 Å². The summed E-state index contributed by atoms with van der Waals surface area (Å²) < 4.78 is 11.3. The van der Waals surface area contributed by atoms with Crippen LogP contribution in [0.2, 0.25) is 0 Å². The van der Waals surface area contributed by atoms with Crippen LogP contribution in [0.4, 0.5) is 0 Å². The molecule has 2 rings (SSSR count). The van der Waals surface area contributed by atoms with Crippen molar-refractivity contribution in [2.45, 2.75) is 19.4 Å². The van der Waals surface area contributed by atoms with E-state index < -0.39 is 0 Å². The van der Waals surface area contributed by atoms with Gasteiger partial charge in [-0.1, -0.05) is 30.4 Å². The number of nitrogens with one attached hydrogen (secondary N) is 1. The summed E-state index contributed by atoms with van der Waals surface area (Å²) in [5, 5.41) is 3.36. The Morgan fingerprint density at radius 1 is 1.50 bits per heavy atom. The van der Waals surface area contributed by atoms with Gasteiger partial charge in [0.25, 0.3) is 0 Å². The molecule has 0 spiro atoms. The second kappa shape index (κ2) is 6.57. The minimum absolute atomic E-state index is 0.253. The highest BCUT2D eigenvalue weighted by Gasteiger charge is 2.21. The molecule has 0 aromatic heterocycles. The molecule has 0 radical (unpaired) electrons. The Morgan fingerprint density at radius 2 is 2.33 bits per heavy atom. The average Bonchev–Trinajstić information content (AvgIpc) is 2.75. The van der Waals surface area contributed by atoms with Gasteiger partial charge in [-0.2, -0.15) is 0 Å². The van der Waals surface area contributed by atoms with Crippen molar-refractivity contribution >= 4 is 0 Å². The van der Waals surface area contributed by atoms with Gasteiger partial charge in [-0.3, -0.25) is 0 Å². The van der Waals surface area contributed by atoms with Crippen molar-refractivity contribution in [2.75, 3.05) is 26.3 Å². The Hall–Kier alpha value is -1.32. The first kappa shape index (κ1) is 13.1. The third-order valence-electron chi connectivity index (χ3n) is 2.86. The summed E-state index contributed by atoms with van der Waals surface area (Å²) in [7, 11) is 0. The van der Waals surface area contributed by atoms with Crippen molar-refractivity contribution < 1.29 is 9.47 Å². The highest BCUT2D eigenvalue weighted by atomic mass is 16.5. The van der Waals surface area contributed by atoms with Crippen molar-refractivity contribution in [1.29, 1.82) is 0 Å². The van der Waals surface area contributed by atoms with Gasteiger partial charge in [0.05, 0.1) is 13.2 Å². The molecule has 1 aliphatic heterocycles. The maximum absolute atomic E-state index is 5.83. The van der Waals surface area contributed by atoms with Crippen molar-refractivity contribution in [3.63, 3.8) is 0 Å². The van der Waals surface area contributed by atoms with Gasteiger partial charge in [0.2, 0.25) is 0 Å². The van der Waals surface area contributed by atoms with Gasteiger partial charge in [0.1, 0.15) is 11.9 Å². The van der Waals surface area contributed by atoms with Gasteiger partial charge in [-0.15, -0.1) is 0 Å². The fourth-order valence-electron chi connectivity index (χ4n) is 2.02. The topological polar surface area (TPSA) is 30.5 Å². The molecular formula is C15H21NO2. The van der Waals surface area contributed by atoms with E-state index in [4.69, 9.17) is 9.47 Å². The molecule has 0 bridgehead atoms. The zero-order valence-electron chi connectivity index (χ0n) is 10.9. The molecule has 1 atom stereocenters. The highest BCUT2D eigenvalue weighted by Crippen LogP contribution is 2.27. The van der Waals surface area contributed by atoms with E-state index in [2.05, 4.69) is 24.0 Å². The highest BCUT2D eigenvalue weighted by molar-refractivity contribution is 5.37. The van der Waals surface area contributed by atoms with E-state index in [0.717, 1.165) is 30.8 Å². The molecule has 0 saturated carbocycles. The molecule has 1 aromatic carbocycles. The molecule has 18 heavy (non-hydrogen) atoms. The van der Waals surface area contributed by atoms with E-state index in [0.29, 0.717) is 13.2 Å². The Labute approximate surface area is 109 Å². The largest absolute Gasteiger partial charge is 0.488 e. The number of ether oxygens (including phenoxy) is 2. The van der Waals surface area contributed by atoms with Crippen molar-refractivity contribution in [3.8, 4) is 5.75 Å². The van der Waals surface area contributed by atoms with E-state index in [1.54, 1.807) is 0 Å². The van der Waals surface area contributed by atoms with E-state index >= 15 is 0 Å². The number of hydrogen-bond donors (Lipinski definition) is 1. The van der Waals surface area contributed by atoms with Crippen LogP contribution in [0.3, 0.4) is 0 Å². The van der Waals surface area contributed by atoms with Crippen LogP contribution in [-0.2, 0) is 11.2 Å². The first-order valence-electron chi connectivity index (χ1n) is 6.43. The van der Waals surface area contributed by atoms with E-state index in [1.165, 1.54) is 5.56 Å². The van der Waals surface area contributed by atoms with Gasteiger partial charge in [0, 0.05) is 19.5 Å². The third kappa shape index (κ3) is 3.86. The third-order valence-corrected chi connectivity index (χ3v) is 2.86. The van der Waals surface area contributed by atoms with Gasteiger partial charge >= 0.3 is 0 Å². The Kier molecular flexibility index (Phi) is 4.79. The minimum atomic E-state index is 0.253. The van der Waals surface area contributed by atoms with Gasteiger partial charge in [-0.05, 0) is 18.6 Å². The van der Waals surface area contributed by atoms with Gasteiger partial charge in [-0.25, -0.2) is 0 Å². The molecule has 98 valence electrons. The predicted octanol–water partition coefficient (Wildman–Crippen LogP) is 2.17. The normalized spacial score (nSPS) is 17.3. The summed E-state index contributed by atoms with van der Waals surface area (Å²) in [6.07, 6.45) is 1.25. The number of fused-ring (bicyclic) bond motifs is 1. The molecule has 1 aliphatic rings. The molecule has 1 N–H and O–H groups in total. The van der Waals surface area contributed by atoms with E-state index in [1.807, 2.05) is 19.1 Å². The molecule has 0 aliphatic carbocycles. The van der Waals surface area contributed by atoms with Crippen LogP contribution in [-0.4, -0.2) is 32.4 Å². The first-order valence-corrected chi connectivity index (χ1v) is 6.43. The molecule has 3 nitrogen and oxygen atoms in total. The summed E-state index contributed by atoms with van der Waals surface area (Å²) in [6.45, 7) is 8.84. The number of para-hydroxylation sites is 1. The minimum Gasteiger partial charge on any atom is -0.488 e. The number of hydrogen-bond acceptors (Lipinski definition) is 3. The molecular weight excluding hydrogens is 226 g/mol. The Balaban J connectivity index is 1.58. The molecule has 0 amide bonds. The maximum atomic E-state index is 5.83. The molecule has 1 heterocycles. The second-order valence-electron chi connectivity index (χ2n) is 4.77. The van der Waals surface area contributed by atoms with Crippen LogP contribution in [0, 0.1) is 0 Å². The summed E-state index contributed by atoms with van der Waals surface area (Å²) in [5.74, 6) is 1.03. The van der Waals surface area contributed by atoms with E-state index in [-0.39, 0.29) is 6.10 Å². The van der Waals surface area contributed by atoms with Crippen molar-refractivity contribution in [3.05, 3.63) is 42.0 Å². The molecule has 3 heteroatoms. The van der Waals surface area contributed by atoms with Crippen molar-refractivity contribution in [1.82, 2.24) is 5.32 Å². The fourth-order valence-corrected chi connectivity index (χ4v) is 2.02. The Morgan fingerprint density at radius 3 is 3.11 bits per heavy atom. The first-order chi connectivity index (χ1) is 8.75. The lowest BCUT2D eigenvalue weighted by molar-refractivity contribution is 0.152. The fraction of sp³-hybridized carbons (Fsp3) is 0.467. The van der Waals surface area contributed by atoms with E-state index in [9.17, 15) is 0 Å². The zero-order valence-corrected chi connectivity index (χ0v) is 10.9. The second-order valence-corrected chi connectivity index (χ2v) is 4.77. The lowest BCUT2D eigenvalue weighted by atomic mass is 10.1. The van der Waals surface area contributed by atoms with Crippen LogP contribution in [0.15, 0.2) is 36.4 Å². The van der Waals surface area contributed by atoms with Crippen LogP contribution in [0.1, 0.15) is 12.5 Å². The van der Waals surface area contributed by atoms with Crippen molar-refractivity contribution in [2.24, 2.45) is 0 Å². The summed E-state index contributed by atoms with van der Waals surface area (Å²) in [5.41, 5.74) is 2.37. The van der Waals surface area contributed by atoms with Gasteiger partial charge in [0.15, 0.2) is 0 Å². The van der Waals surface area contributed by atoms with Crippen LogP contribution in [0.25, 0.3) is 0 Å². The van der Waals surface area contributed by atoms with Crippen LogP contribution in [0.5, 0.6) is 5.75 Å². The summed E-state index contributed by atoms with van der Waals surface area (Å²) >= 11 is 0.